The maximum atomic E-state index is 12.5. The van der Waals surface area contributed by atoms with Crippen molar-refractivity contribution in [3.8, 4) is 0 Å². The van der Waals surface area contributed by atoms with E-state index in [0.29, 0.717) is 0 Å². The molecule has 2 atom stereocenters. The van der Waals surface area contributed by atoms with Crippen molar-refractivity contribution in [3.63, 3.8) is 0 Å². The van der Waals surface area contributed by atoms with Crippen LogP contribution < -0.4 is 0 Å². The molecule has 0 aliphatic carbocycles. The first-order valence-electron chi connectivity index (χ1n) is 7.65. The molecule has 1 heterocycles. The Morgan fingerprint density at radius 3 is 2.22 bits per heavy atom. The molecule has 1 aliphatic heterocycles. The summed E-state index contributed by atoms with van der Waals surface area (Å²) in [6, 6.07) is -0.302. The second-order valence-corrected chi connectivity index (χ2v) is 7.01. The van der Waals surface area contributed by atoms with Crippen LogP contribution in [-0.4, -0.2) is 59.3 Å². The third kappa shape index (κ3) is 5.91. The molecular formula is C15H25F3N2O3. The quantitative estimate of drug-likeness (QED) is 0.778. The lowest BCUT2D eigenvalue weighted by atomic mass is 10.1. The van der Waals surface area contributed by atoms with Gasteiger partial charge in [-0.1, -0.05) is 6.92 Å². The van der Waals surface area contributed by atoms with Gasteiger partial charge in [0.15, 0.2) is 0 Å². The second kappa shape index (κ2) is 6.97. The minimum absolute atomic E-state index is 0.211. The monoisotopic (exact) mass is 338 g/mol. The molecule has 5 nitrogen and oxygen atoms in total. The SMILES string of the molecule is CC1CN(C(=O)CC(C)C(F)(F)F)CCN1C(=O)OC(C)(C)C. The van der Waals surface area contributed by atoms with E-state index in [0.717, 1.165) is 6.92 Å². The maximum Gasteiger partial charge on any atom is 0.410 e. The summed E-state index contributed by atoms with van der Waals surface area (Å²) in [7, 11) is 0. The predicted molar refractivity (Wildman–Crippen MR) is 78.8 cm³/mol. The Kier molecular flexibility index (Phi) is 5.93. The van der Waals surface area contributed by atoms with E-state index >= 15 is 0 Å². The minimum Gasteiger partial charge on any atom is -0.444 e. The van der Waals surface area contributed by atoms with Gasteiger partial charge in [-0.3, -0.25) is 4.79 Å². The molecule has 0 N–H and O–H groups in total. The lowest BCUT2D eigenvalue weighted by Crippen LogP contribution is -2.56. The summed E-state index contributed by atoms with van der Waals surface area (Å²) in [4.78, 5) is 26.9. The number of rotatable bonds is 2. The molecule has 0 aromatic rings. The van der Waals surface area contributed by atoms with E-state index in [4.69, 9.17) is 4.74 Å². The van der Waals surface area contributed by atoms with Gasteiger partial charge >= 0.3 is 12.3 Å². The first-order valence-corrected chi connectivity index (χ1v) is 7.65. The number of carbonyl (C=O) groups excluding carboxylic acids is 2. The van der Waals surface area contributed by atoms with Gasteiger partial charge < -0.3 is 14.5 Å². The Labute approximate surface area is 134 Å². The molecule has 2 unspecified atom stereocenters. The fourth-order valence-electron chi connectivity index (χ4n) is 2.28. The lowest BCUT2D eigenvalue weighted by molar-refractivity contribution is -0.177. The van der Waals surface area contributed by atoms with E-state index < -0.39 is 36.1 Å². The van der Waals surface area contributed by atoms with Crippen molar-refractivity contribution in [2.24, 2.45) is 5.92 Å². The molecule has 1 rings (SSSR count). The molecule has 0 aromatic heterocycles. The molecule has 0 spiro atoms. The van der Waals surface area contributed by atoms with Crippen LogP contribution in [0.4, 0.5) is 18.0 Å². The van der Waals surface area contributed by atoms with Gasteiger partial charge in [0.25, 0.3) is 0 Å². The molecule has 1 fully saturated rings. The molecule has 2 amide bonds. The number of amides is 2. The smallest absolute Gasteiger partial charge is 0.410 e. The Bertz CT molecular complexity index is 446. The number of nitrogens with zero attached hydrogens (tertiary/aromatic N) is 2. The lowest BCUT2D eigenvalue weighted by Gasteiger charge is -2.40. The number of hydrogen-bond donors (Lipinski definition) is 0. The average Bonchev–Trinajstić information content (AvgIpc) is 2.34. The highest BCUT2D eigenvalue weighted by Crippen LogP contribution is 2.29. The van der Waals surface area contributed by atoms with Crippen LogP contribution in [0.5, 0.6) is 0 Å². The van der Waals surface area contributed by atoms with Crippen molar-refractivity contribution in [1.82, 2.24) is 9.80 Å². The first-order chi connectivity index (χ1) is 10.3. The van der Waals surface area contributed by atoms with Gasteiger partial charge in [0.05, 0.1) is 5.92 Å². The Morgan fingerprint density at radius 1 is 1.22 bits per heavy atom. The van der Waals surface area contributed by atoms with Crippen molar-refractivity contribution >= 4 is 12.0 Å². The maximum absolute atomic E-state index is 12.5. The number of piperazine rings is 1. The molecule has 1 saturated heterocycles. The van der Waals surface area contributed by atoms with Crippen molar-refractivity contribution in [3.05, 3.63) is 0 Å². The zero-order valence-corrected chi connectivity index (χ0v) is 14.2. The summed E-state index contributed by atoms with van der Waals surface area (Å²) in [6.07, 6.45) is -5.41. The van der Waals surface area contributed by atoms with Gasteiger partial charge in [-0.05, 0) is 27.7 Å². The summed E-state index contributed by atoms with van der Waals surface area (Å²) in [5.74, 6) is -2.21. The van der Waals surface area contributed by atoms with Crippen LogP contribution >= 0.6 is 0 Å². The van der Waals surface area contributed by atoms with Gasteiger partial charge in [0, 0.05) is 32.1 Å². The predicted octanol–water partition coefficient (Wildman–Crippen LogP) is 3.04. The zero-order valence-electron chi connectivity index (χ0n) is 14.2. The van der Waals surface area contributed by atoms with Gasteiger partial charge in [0.1, 0.15) is 5.60 Å². The minimum atomic E-state index is -4.38. The van der Waals surface area contributed by atoms with Crippen molar-refractivity contribution in [2.75, 3.05) is 19.6 Å². The number of carbonyl (C=O) groups is 2. The molecule has 23 heavy (non-hydrogen) atoms. The van der Waals surface area contributed by atoms with Crippen LogP contribution in [0.15, 0.2) is 0 Å². The van der Waals surface area contributed by atoms with Crippen molar-refractivity contribution in [2.45, 2.75) is 58.9 Å². The molecule has 0 radical (unpaired) electrons. The fourth-order valence-corrected chi connectivity index (χ4v) is 2.28. The summed E-state index contributed by atoms with van der Waals surface area (Å²) in [5, 5.41) is 0. The molecule has 8 heteroatoms. The average molecular weight is 338 g/mol. The summed E-state index contributed by atoms with van der Waals surface area (Å²) in [6.45, 7) is 8.70. The molecule has 1 aliphatic rings. The Balaban J connectivity index is 2.58. The van der Waals surface area contributed by atoms with Gasteiger partial charge in [0.2, 0.25) is 5.91 Å². The highest BCUT2D eigenvalue weighted by atomic mass is 19.4. The van der Waals surface area contributed by atoms with Gasteiger partial charge in [-0.25, -0.2) is 4.79 Å². The highest BCUT2D eigenvalue weighted by Gasteiger charge is 2.39. The van der Waals surface area contributed by atoms with Crippen molar-refractivity contribution in [1.29, 1.82) is 0 Å². The van der Waals surface area contributed by atoms with Gasteiger partial charge in [-0.2, -0.15) is 13.2 Å². The molecule has 134 valence electrons. The fraction of sp³-hybridized carbons (Fsp3) is 0.867. The number of alkyl halides is 3. The highest BCUT2D eigenvalue weighted by molar-refractivity contribution is 5.77. The normalized spacial score (nSPS) is 21.1. The zero-order chi connectivity index (χ0) is 18.0. The van der Waals surface area contributed by atoms with Crippen LogP contribution in [0.2, 0.25) is 0 Å². The van der Waals surface area contributed by atoms with E-state index in [1.165, 1.54) is 9.80 Å². The van der Waals surface area contributed by atoms with E-state index in [9.17, 15) is 22.8 Å². The van der Waals surface area contributed by atoms with E-state index in [1.54, 1.807) is 27.7 Å². The first kappa shape index (κ1) is 19.6. The van der Waals surface area contributed by atoms with E-state index in [-0.39, 0.29) is 25.7 Å². The summed E-state index contributed by atoms with van der Waals surface area (Å²) < 4.78 is 42.9. The van der Waals surface area contributed by atoms with Crippen molar-refractivity contribution < 1.29 is 27.5 Å². The second-order valence-electron chi connectivity index (χ2n) is 7.01. The summed E-state index contributed by atoms with van der Waals surface area (Å²) >= 11 is 0. The Morgan fingerprint density at radius 2 is 1.78 bits per heavy atom. The van der Waals surface area contributed by atoms with E-state index in [2.05, 4.69) is 0 Å². The third-order valence-electron chi connectivity index (χ3n) is 3.65. The number of hydrogen-bond acceptors (Lipinski definition) is 3. The molecule has 0 saturated carbocycles. The number of ether oxygens (including phenoxy) is 1. The number of halogens is 3. The standard InChI is InChI=1S/C15H25F3N2O3/c1-10(15(16,17)18)8-12(21)19-6-7-20(11(2)9-19)13(22)23-14(3,4)5/h10-11H,6-9H2,1-5H3. The van der Waals surface area contributed by atoms with Crippen LogP contribution in [0.25, 0.3) is 0 Å². The molecular weight excluding hydrogens is 313 g/mol. The van der Waals surface area contributed by atoms with Crippen LogP contribution in [0.1, 0.15) is 41.0 Å². The van der Waals surface area contributed by atoms with E-state index in [1.807, 2.05) is 0 Å². The van der Waals surface area contributed by atoms with Crippen LogP contribution in [-0.2, 0) is 9.53 Å². The largest absolute Gasteiger partial charge is 0.444 e. The van der Waals surface area contributed by atoms with Crippen LogP contribution in [0.3, 0.4) is 0 Å². The topological polar surface area (TPSA) is 49.9 Å². The summed E-state index contributed by atoms with van der Waals surface area (Å²) in [5.41, 5.74) is -0.619. The molecule has 0 aromatic carbocycles. The Hall–Kier alpha value is -1.47. The third-order valence-corrected chi connectivity index (χ3v) is 3.65. The van der Waals surface area contributed by atoms with Gasteiger partial charge in [-0.15, -0.1) is 0 Å². The van der Waals surface area contributed by atoms with Crippen LogP contribution in [0, 0.1) is 5.92 Å². The molecule has 0 bridgehead atoms.